The van der Waals surface area contributed by atoms with Crippen LogP contribution >= 0.6 is 0 Å². The third-order valence-electron chi connectivity index (χ3n) is 2.96. The van der Waals surface area contributed by atoms with Gasteiger partial charge in [-0.3, -0.25) is 4.79 Å². The molecular weight excluding hydrogens is 232 g/mol. The fourth-order valence-corrected chi connectivity index (χ4v) is 1.28. The van der Waals surface area contributed by atoms with Crippen molar-refractivity contribution in [3.05, 3.63) is 29.6 Å². The lowest BCUT2D eigenvalue weighted by Gasteiger charge is -2.16. The molecule has 1 amide bonds. The van der Waals surface area contributed by atoms with Crippen molar-refractivity contribution in [3.63, 3.8) is 0 Å². The van der Waals surface area contributed by atoms with E-state index in [0.717, 1.165) is 0 Å². The van der Waals surface area contributed by atoms with Crippen LogP contribution in [0, 0.1) is 11.8 Å². The zero-order valence-corrected chi connectivity index (χ0v) is 10.8. The molecule has 0 radical (unpaired) electrons. The maximum Gasteiger partial charge on any atom is 0.354 e. The Morgan fingerprint density at radius 3 is 2.61 bits per heavy atom. The number of hydrogen-bond acceptors (Lipinski definition) is 3. The molecule has 18 heavy (non-hydrogen) atoms. The second-order valence-electron chi connectivity index (χ2n) is 4.67. The van der Waals surface area contributed by atoms with Gasteiger partial charge in [0.25, 0.3) is 5.91 Å². The summed E-state index contributed by atoms with van der Waals surface area (Å²) in [7, 11) is 0. The Balaban J connectivity index is 2.67. The van der Waals surface area contributed by atoms with Crippen LogP contribution < -0.4 is 5.32 Å². The first kappa shape index (κ1) is 14.2. The fraction of sp³-hybridized carbons (Fsp3) is 0.462. The summed E-state index contributed by atoms with van der Waals surface area (Å²) in [5, 5.41) is 11.6. The van der Waals surface area contributed by atoms with Crippen molar-refractivity contribution in [1.29, 1.82) is 0 Å². The van der Waals surface area contributed by atoms with E-state index in [2.05, 4.69) is 31.1 Å². The number of carboxylic acid groups (broad SMARTS) is 1. The predicted octanol–water partition coefficient (Wildman–Crippen LogP) is 1.80. The van der Waals surface area contributed by atoms with Gasteiger partial charge in [-0.05, 0) is 24.0 Å². The Hall–Kier alpha value is -1.91. The first-order valence-corrected chi connectivity index (χ1v) is 5.89. The molecule has 0 aromatic carbocycles. The van der Waals surface area contributed by atoms with Gasteiger partial charge in [0.1, 0.15) is 5.69 Å². The van der Waals surface area contributed by atoms with Crippen LogP contribution in [0.25, 0.3) is 0 Å². The van der Waals surface area contributed by atoms with Crippen molar-refractivity contribution in [2.24, 2.45) is 11.8 Å². The van der Waals surface area contributed by atoms with Crippen LogP contribution in [0.4, 0.5) is 0 Å². The van der Waals surface area contributed by atoms with Crippen LogP contribution in [0.2, 0.25) is 0 Å². The summed E-state index contributed by atoms with van der Waals surface area (Å²) in [4.78, 5) is 26.2. The van der Waals surface area contributed by atoms with Gasteiger partial charge in [0.05, 0.1) is 0 Å². The molecule has 5 nitrogen and oxygen atoms in total. The van der Waals surface area contributed by atoms with Crippen molar-refractivity contribution >= 4 is 11.9 Å². The molecule has 0 aliphatic carbocycles. The van der Waals surface area contributed by atoms with E-state index in [4.69, 9.17) is 5.11 Å². The summed E-state index contributed by atoms with van der Waals surface area (Å²) in [6, 6.07) is 2.78. The number of nitrogens with zero attached hydrogens (tertiary/aromatic N) is 1. The molecule has 5 heteroatoms. The Kier molecular flexibility index (Phi) is 4.83. The summed E-state index contributed by atoms with van der Waals surface area (Å²) in [6.45, 7) is 6.80. The molecule has 1 unspecified atom stereocenters. The molecule has 0 aliphatic rings. The number of pyridine rings is 1. The Labute approximate surface area is 106 Å². The normalized spacial score (nSPS) is 12.2. The van der Waals surface area contributed by atoms with E-state index in [9.17, 15) is 9.59 Å². The highest BCUT2D eigenvalue weighted by atomic mass is 16.4. The average molecular weight is 250 g/mol. The molecule has 0 aliphatic heterocycles. The third-order valence-corrected chi connectivity index (χ3v) is 2.96. The van der Waals surface area contributed by atoms with Gasteiger partial charge in [0.2, 0.25) is 0 Å². The number of aromatic nitrogens is 1. The van der Waals surface area contributed by atoms with E-state index < -0.39 is 5.97 Å². The van der Waals surface area contributed by atoms with Gasteiger partial charge < -0.3 is 10.4 Å². The largest absolute Gasteiger partial charge is 0.477 e. The smallest absolute Gasteiger partial charge is 0.354 e. The second kappa shape index (κ2) is 6.14. The standard InChI is InChI=1S/C13H18N2O3/c1-8(2)9(3)7-15-12(16)10-4-5-14-11(6-10)13(17)18/h4-6,8-9H,7H2,1-3H3,(H,15,16)(H,17,18). The van der Waals surface area contributed by atoms with Crippen molar-refractivity contribution < 1.29 is 14.7 Å². The number of carbonyl (C=O) groups is 2. The molecule has 0 fully saturated rings. The molecule has 2 N–H and O–H groups in total. The zero-order chi connectivity index (χ0) is 13.7. The number of carboxylic acids is 1. The molecule has 1 atom stereocenters. The van der Waals surface area contributed by atoms with Crippen molar-refractivity contribution in [1.82, 2.24) is 10.3 Å². The zero-order valence-electron chi connectivity index (χ0n) is 10.8. The van der Waals surface area contributed by atoms with Gasteiger partial charge in [0, 0.05) is 18.3 Å². The van der Waals surface area contributed by atoms with Crippen LogP contribution in [0.15, 0.2) is 18.3 Å². The number of nitrogens with one attached hydrogen (secondary N) is 1. The summed E-state index contributed by atoms with van der Waals surface area (Å²) in [5.74, 6) is -0.556. The van der Waals surface area contributed by atoms with Crippen molar-refractivity contribution in [2.45, 2.75) is 20.8 Å². The number of carbonyl (C=O) groups excluding carboxylic acids is 1. The third kappa shape index (κ3) is 3.84. The lowest BCUT2D eigenvalue weighted by molar-refractivity contribution is 0.0690. The quantitative estimate of drug-likeness (QED) is 0.835. The van der Waals surface area contributed by atoms with Gasteiger partial charge in [-0.1, -0.05) is 20.8 Å². The summed E-state index contributed by atoms with van der Waals surface area (Å²) < 4.78 is 0. The molecule has 1 heterocycles. The lowest BCUT2D eigenvalue weighted by Crippen LogP contribution is -2.30. The number of amides is 1. The minimum atomic E-state index is -1.14. The van der Waals surface area contributed by atoms with E-state index in [1.54, 1.807) is 0 Å². The molecule has 1 aromatic heterocycles. The van der Waals surface area contributed by atoms with E-state index in [-0.39, 0.29) is 11.6 Å². The van der Waals surface area contributed by atoms with Crippen LogP contribution in [0.3, 0.4) is 0 Å². The average Bonchev–Trinajstić information content (AvgIpc) is 2.35. The monoisotopic (exact) mass is 250 g/mol. The molecule has 0 saturated heterocycles. The van der Waals surface area contributed by atoms with Crippen molar-refractivity contribution in [3.8, 4) is 0 Å². The Morgan fingerprint density at radius 1 is 1.39 bits per heavy atom. The van der Waals surface area contributed by atoms with Gasteiger partial charge >= 0.3 is 5.97 Å². The molecule has 1 aromatic rings. The van der Waals surface area contributed by atoms with E-state index in [0.29, 0.717) is 23.9 Å². The number of aromatic carboxylic acids is 1. The lowest BCUT2D eigenvalue weighted by atomic mass is 9.98. The van der Waals surface area contributed by atoms with Crippen LogP contribution in [0.5, 0.6) is 0 Å². The summed E-state index contributed by atoms with van der Waals surface area (Å²) in [5.41, 5.74) is 0.193. The summed E-state index contributed by atoms with van der Waals surface area (Å²) >= 11 is 0. The summed E-state index contributed by atoms with van der Waals surface area (Å²) in [6.07, 6.45) is 1.32. The van der Waals surface area contributed by atoms with Gasteiger partial charge in [-0.25, -0.2) is 9.78 Å². The van der Waals surface area contributed by atoms with Gasteiger partial charge in [0.15, 0.2) is 0 Å². The second-order valence-corrected chi connectivity index (χ2v) is 4.67. The minimum absolute atomic E-state index is 0.125. The predicted molar refractivity (Wildman–Crippen MR) is 67.5 cm³/mol. The van der Waals surface area contributed by atoms with Crippen LogP contribution in [-0.4, -0.2) is 28.5 Å². The van der Waals surface area contributed by atoms with E-state index in [1.165, 1.54) is 18.3 Å². The van der Waals surface area contributed by atoms with Gasteiger partial charge in [-0.2, -0.15) is 0 Å². The highest BCUT2D eigenvalue weighted by molar-refractivity contribution is 5.96. The molecule has 1 rings (SSSR count). The molecule has 0 bridgehead atoms. The van der Waals surface area contributed by atoms with Crippen LogP contribution in [-0.2, 0) is 0 Å². The fourth-order valence-electron chi connectivity index (χ4n) is 1.28. The maximum absolute atomic E-state index is 11.8. The topological polar surface area (TPSA) is 79.3 Å². The first-order valence-electron chi connectivity index (χ1n) is 5.89. The maximum atomic E-state index is 11.8. The van der Waals surface area contributed by atoms with Crippen molar-refractivity contribution in [2.75, 3.05) is 6.54 Å². The Bertz CT molecular complexity index is 444. The van der Waals surface area contributed by atoms with E-state index >= 15 is 0 Å². The SMILES string of the molecule is CC(C)C(C)CNC(=O)c1ccnc(C(=O)O)c1. The highest BCUT2D eigenvalue weighted by Gasteiger charge is 2.12. The molecule has 0 saturated carbocycles. The van der Waals surface area contributed by atoms with Gasteiger partial charge in [-0.15, -0.1) is 0 Å². The highest BCUT2D eigenvalue weighted by Crippen LogP contribution is 2.08. The number of hydrogen-bond donors (Lipinski definition) is 2. The first-order chi connectivity index (χ1) is 8.41. The molecule has 98 valence electrons. The van der Waals surface area contributed by atoms with Crippen LogP contribution in [0.1, 0.15) is 41.6 Å². The minimum Gasteiger partial charge on any atom is -0.477 e. The Morgan fingerprint density at radius 2 is 2.06 bits per heavy atom. The molecular formula is C13H18N2O3. The number of rotatable bonds is 5. The van der Waals surface area contributed by atoms with E-state index in [1.807, 2.05) is 0 Å². The molecule has 0 spiro atoms.